The first-order valence-electron chi connectivity index (χ1n) is 4.15. The molecule has 0 spiro atoms. The smallest absolute Gasteiger partial charge is 0.387 e. The molecular formula is C10H6BrF2NO2. The van der Waals surface area contributed by atoms with Crippen LogP contribution in [0.4, 0.5) is 8.78 Å². The summed E-state index contributed by atoms with van der Waals surface area (Å²) in [5.41, 5.74) is -0.159. The number of carbonyl (C=O) groups excluding carboxylic acids is 1. The first-order valence-corrected chi connectivity index (χ1v) is 4.95. The van der Waals surface area contributed by atoms with Crippen LogP contribution in [-0.2, 0) is 0 Å². The van der Waals surface area contributed by atoms with Gasteiger partial charge < -0.3 is 4.74 Å². The van der Waals surface area contributed by atoms with Gasteiger partial charge in [0.15, 0.2) is 11.5 Å². The Morgan fingerprint density at radius 1 is 1.56 bits per heavy atom. The largest absolute Gasteiger partial charge is 0.433 e. The van der Waals surface area contributed by atoms with E-state index in [2.05, 4.69) is 20.7 Å². The van der Waals surface area contributed by atoms with Crippen LogP contribution in [0.5, 0.6) is 5.75 Å². The van der Waals surface area contributed by atoms with Gasteiger partial charge in [-0.15, -0.1) is 0 Å². The molecule has 0 aliphatic carbocycles. The fourth-order valence-corrected chi connectivity index (χ4v) is 1.78. The number of alkyl halides is 2. The summed E-state index contributed by atoms with van der Waals surface area (Å²) in [6, 6.07) is 4.43. The van der Waals surface area contributed by atoms with Crippen molar-refractivity contribution >= 4 is 21.7 Å². The van der Waals surface area contributed by atoms with E-state index in [4.69, 9.17) is 5.26 Å². The molecule has 0 heterocycles. The second-order valence-corrected chi connectivity index (χ2v) is 3.70. The number of nitrogens with zero attached hydrogens (tertiary/aromatic N) is 1. The van der Waals surface area contributed by atoms with Gasteiger partial charge in [-0.05, 0) is 35.0 Å². The highest BCUT2D eigenvalue weighted by atomic mass is 79.9. The molecule has 1 rings (SSSR count). The molecule has 3 nitrogen and oxygen atoms in total. The van der Waals surface area contributed by atoms with Crippen molar-refractivity contribution in [2.75, 3.05) is 0 Å². The molecule has 1 aromatic carbocycles. The Kier molecular flexibility index (Phi) is 3.96. The highest BCUT2D eigenvalue weighted by Gasteiger charge is 2.20. The molecule has 0 fully saturated rings. The van der Waals surface area contributed by atoms with Crippen LogP contribution in [0.1, 0.15) is 22.8 Å². The highest BCUT2D eigenvalue weighted by molar-refractivity contribution is 9.10. The molecule has 84 valence electrons. The Morgan fingerprint density at radius 3 is 2.62 bits per heavy atom. The third-order valence-corrected chi connectivity index (χ3v) is 2.45. The number of benzene rings is 1. The van der Waals surface area contributed by atoms with Gasteiger partial charge in [-0.2, -0.15) is 14.0 Å². The van der Waals surface area contributed by atoms with Gasteiger partial charge >= 0.3 is 6.61 Å². The van der Waals surface area contributed by atoms with E-state index < -0.39 is 12.4 Å². The van der Waals surface area contributed by atoms with Gasteiger partial charge in [0.1, 0.15) is 6.07 Å². The molecule has 0 aromatic heterocycles. The van der Waals surface area contributed by atoms with Gasteiger partial charge in [-0.1, -0.05) is 0 Å². The Balaban J connectivity index is 3.44. The molecule has 0 N–H and O–H groups in total. The van der Waals surface area contributed by atoms with E-state index in [9.17, 15) is 13.6 Å². The lowest BCUT2D eigenvalue weighted by atomic mass is 10.1. The Morgan fingerprint density at radius 2 is 2.19 bits per heavy atom. The van der Waals surface area contributed by atoms with Gasteiger partial charge in [0.2, 0.25) is 0 Å². The standard InChI is InChI=1S/C10H6BrF2NO2/c1-5(15)8-7(11)3-2-6(4-14)9(8)16-10(12)13/h2-3,10H,1H3. The average Bonchev–Trinajstić information content (AvgIpc) is 2.16. The normalized spacial score (nSPS) is 10.0. The molecule has 0 saturated carbocycles. The summed E-state index contributed by atoms with van der Waals surface area (Å²) in [4.78, 5) is 11.3. The topological polar surface area (TPSA) is 50.1 Å². The third-order valence-electron chi connectivity index (χ3n) is 1.79. The maximum Gasteiger partial charge on any atom is 0.387 e. The Bertz CT molecular complexity index is 469. The zero-order valence-electron chi connectivity index (χ0n) is 8.13. The maximum absolute atomic E-state index is 12.2. The number of ketones is 1. The van der Waals surface area contributed by atoms with E-state index in [1.165, 1.54) is 19.1 Å². The van der Waals surface area contributed by atoms with Gasteiger partial charge in [0.25, 0.3) is 0 Å². The first-order chi connectivity index (χ1) is 7.47. The quantitative estimate of drug-likeness (QED) is 0.804. The summed E-state index contributed by atoms with van der Waals surface area (Å²) in [6.45, 7) is -1.88. The summed E-state index contributed by atoms with van der Waals surface area (Å²) < 4.78 is 28.8. The van der Waals surface area contributed by atoms with E-state index in [1.807, 2.05) is 0 Å². The van der Waals surface area contributed by atoms with Crippen molar-refractivity contribution in [3.05, 3.63) is 27.7 Å². The molecule has 1 aromatic rings. The number of hydrogen-bond donors (Lipinski definition) is 0. The zero-order chi connectivity index (χ0) is 12.3. The monoisotopic (exact) mass is 289 g/mol. The summed E-state index contributed by atoms with van der Waals surface area (Å²) >= 11 is 3.05. The number of Topliss-reactive ketones (excluding diaryl/α,β-unsaturated/α-hetero) is 1. The van der Waals surface area contributed by atoms with Crippen molar-refractivity contribution in [3.63, 3.8) is 0 Å². The lowest BCUT2D eigenvalue weighted by Crippen LogP contribution is -2.09. The van der Waals surface area contributed by atoms with Crippen molar-refractivity contribution in [1.29, 1.82) is 5.26 Å². The number of hydrogen-bond acceptors (Lipinski definition) is 3. The number of rotatable bonds is 3. The molecule has 0 atom stereocenters. The minimum atomic E-state index is -3.08. The van der Waals surface area contributed by atoms with E-state index in [0.717, 1.165) is 0 Å². The molecule has 0 amide bonds. The number of ether oxygens (including phenoxy) is 1. The predicted molar refractivity (Wildman–Crippen MR) is 55.5 cm³/mol. The molecule has 0 saturated heterocycles. The van der Waals surface area contributed by atoms with Crippen LogP contribution in [0, 0.1) is 11.3 Å². The van der Waals surface area contributed by atoms with Crippen molar-refractivity contribution < 1.29 is 18.3 Å². The number of carbonyl (C=O) groups is 1. The minimum Gasteiger partial charge on any atom is -0.433 e. The summed E-state index contributed by atoms with van der Waals surface area (Å²) in [7, 11) is 0. The Labute approximate surface area is 98.8 Å². The van der Waals surface area contributed by atoms with E-state index in [0.29, 0.717) is 4.47 Å². The molecule has 0 radical (unpaired) electrons. The first kappa shape index (κ1) is 12.6. The summed E-state index contributed by atoms with van der Waals surface area (Å²) in [5, 5.41) is 8.73. The third kappa shape index (κ3) is 2.55. The van der Waals surface area contributed by atoms with Crippen LogP contribution in [0.2, 0.25) is 0 Å². The van der Waals surface area contributed by atoms with Crippen LogP contribution in [0.3, 0.4) is 0 Å². The summed E-state index contributed by atoms with van der Waals surface area (Å²) in [6.07, 6.45) is 0. The second-order valence-electron chi connectivity index (χ2n) is 2.85. The number of nitriles is 1. The van der Waals surface area contributed by atoms with Gasteiger partial charge in [-0.3, -0.25) is 4.79 Å². The van der Waals surface area contributed by atoms with Crippen LogP contribution in [-0.4, -0.2) is 12.4 Å². The second kappa shape index (κ2) is 5.03. The van der Waals surface area contributed by atoms with Gasteiger partial charge in [0.05, 0.1) is 11.1 Å². The van der Waals surface area contributed by atoms with Gasteiger partial charge in [0, 0.05) is 4.47 Å². The van der Waals surface area contributed by atoms with E-state index >= 15 is 0 Å². The predicted octanol–water partition coefficient (Wildman–Crippen LogP) is 3.12. The Hall–Kier alpha value is -1.48. The average molecular weight is 290 g/mol. The van der Waals surface area contributed by atoms with Crippen molar-refractivity contribution in [2.45, 2.75) is 13.5 Å². The molecule has 0 aliphatic rings. The maximum atomic E-state index is 12.2. The highest BCUT2D eigenvalue weighted by Crippen LogP contribution is 2.32. The molecule has 0 aliphatic heterocycles. The molecule has 0 unspecified atom stereocenters. The molecular weight excluding hydrogens is 284 g/mol. The SMILES string of the molecule is CC(=O)c1c(Br)ccc(C#N)c1OC(F)F. The minimum absolute atomic E-state index is 0.0562. The zero-order valence-corrected chi connectivity index (χ0v) is 9.72. The van der Waals surface area contributed by atoms with Crippen LogP contribution >= 0.6 is 15.9 Å². The lowest BCUT2D eigenvalue weighted by molar-refractivity contribution is -0.0503. The van der Waals surface area contributed by atoms with Crippen LogP contribution < -0.4 is 4.74 Å². The van der Waals surface area contributed by atoms with E-state index in [1.54, 1.807) is 6.07 Å². The molecule has 0 bridgehead atoms. The summed E-state index contributed by atoms with van der Waals surface area (Å²) in [5.74, 6) is -0.848. The van der Waals surface area contributed by atoms with Crippen LogP contribution in [0.15, 0.2) is 16.6 Å². The van der Waals surface area contributed by atoms with Gasteiger partial charge in [-0.25, -0.2) is 0 Å². The lowest BCUT2D eigenvalue weighted by Gasteiger charge is -2.11. The van der Waals surface area contributed by atoms with Crippen molar-refractivity contribution in [1.82, 2.24) is 0 Å². The van der Waals surface area contributed by atoms with E-state index in [-0.39, 0.29) is 16.9 Å². The van der Waals surface area contributed by atoms with Crippen molar-refractivity contribution in [3.8, 4) is 11.8 Å². The number of halogens is 3. The van der Waals surface area contributed by atoms with Crippen LogP contribution in [0.25, 0.3) is 0 Å². The molecule has 16 heavy (non-hydrogen) atoms. The fraction of sp³-hybridized carbons (Fsp3) is 0.200. The van der Waals surface area contributed by atoms with Crippen molar-refractivity contribution in [2.24, 2.45) is 0 Å². The fourth-order valence-electron chi connectivity index (χ4n) is 1.19. The molecule has 6 heteroatoms.